The Morgan fingerprint density at radius 3 is 2.81 bits per heavy atom. The second kappa shape index (κ2) is 6.15. The molecule has 0 bridgehead atoms. The lowest BCUT2D eigenvalue weighted by molar-refractivity contribution is 0.246. The zero-order valence-corrected chi connectivity index (χ0v) is 9.91. The summed E-state index contributed by atoms with van der Waals surface area (Å²) in [6, 6.07) is 1.78. The van der Waals surface area contributed by atoms with E-state index >= 15 is 0 Å². The first-order valence-corrected chi connectivity index (χ1v) is 6.90. The highest BCUT2D eigenvalue weighted by molar-refractivity contribution is 7.89. The molecule has 1 fully saturated rings. The Hall–Kier alpha value is -0.680. The Balaban J connectivity index is 2.62. The molecule has 1 saturated heterocycles. The van der Waals surface area contributed by atoms with Crippen molar-refractivity contribution in [2.24, 2.45) is 0 Å². The van der Waals surface area contributed by atoms with Crippen LogP contribution in [0.15, 0.2) is 0 Å². The highest BCUT2D eigenvalue weighted by Gasteiger charge is 2.25. The summed E-state index contributed by atoms with van der Waals surface area (Å²) < 4.78 is 24.5. The van der Waals surface area contributed by atoms with Crippen molar-refractivity contribution in [1.82, 2.24) is 9.62 Å². The monoisotopic (exact) mass is 247 g/mol. The molecular weight excluding hydrogens is 230 g/mol. The Kier molecular flexibility index (Phi) is 5.15. The van der Waals surface area contributed by atoms with Crippen LogP contribution in [0.25, 0.3) is 0 Å². The van der Waals surface area contributed by atoms with Crippen LogP contribution in [-0.2, 0) is 10.0 Å². The number of rotatable bonds is 6. The quantitative estimate of drug-likeness (QED) is 0.620. The third-order valence-electron chi connectivity index (χ3n) is 2.58. The standard InChI is InChI=1S/C9H17N3O3S/c10-3-7-16(14,15)12(5-6-13)8-9-2-1-4-11-9/h9,11,13H,1-2,4-8H2. The van der Waals surface area contributed by atoms with Crippen molar-refractivity contribution in [3.8, 4) is 6.07 Å². The van der Waals surface area contributed by atoms with Crippen LogP contribution in [0.3, 0.4) is 0 Å². The SMILES string of the molecule is N#CCS(=O)(=O)N(CCO)CC1CCCN1. The van der Waals surface area contributed by atoms with E-state index in [9.17, 15) is 8.42 Å². The number of nitriles is 1. The lowest BCUT2D eigenvalue weighted by Crippen LogP contribution is -2.43. The number of sulfonamides is 1. The minimum atomic E-state index is -3.55. The summed E-state index contributed by atoms with van der Waals surface area (Å²) in [6.07, 6.45) is 1.97. The third-order valence-corrected chi connectivity index (χ3v) is 4.19. The number of nitrogens with zero attached hydrogens (tertiary/aromatic N) is 2. The summed E-state index contributed by atoms with van der Waals surface area (Å²) in [5.41, 5.74) is 0. The molecule has 0 radical (unpaired) electrons. The maximum Gasteiger partial charge on any atom is 0.227 e. The average molecular weight is 247 g/mol. The molecule has 0 aliphatic carbocycles. The predicted molar refractivity (Wildman–Crippen MR) is 59.1 cm³/mol. The molecular formula is C9H17N3O3S. The van der Waals surface area contributed by atoms with Crippen LogP contribution in [-0.4, -0.2) is 55.9 Å². The Bertz CT molecular complexity index is 344. The van der Waals surface area contributed by atoms with Crippen molar-refractivity contribution in [2.45, 2.75) is 18.9 Å². The van der Waals surface area contributed by atoms with Crippen LogP contribution < -0.4 is 5.32 Å². The van der Waals surface area contributed by atoms with Crippen LogP contribution in [0.2, 0.25) is 0 Å². The van der Waals surface area contributed by atoms with Gasteiger partial charge in [0, 0.05) is 19.1 Å². The fraction of sp³-hybridized carbons (Fsp3) is 0.889. The number of nitrogens with one attached hydrogen (secondary N) is 1. The van der Waals surface area contributed by atoms with Gasteiger partial charge in [0.1, 0.15) is 0 Å². The molecule has 1 aliphatic heterocycles. The van der Waals surface area contributed by atoms with Gasteiger partial charge < -0.3 is 10.4 Å². The molecule has 2 N–H and O–H groups in total. The molecule has 7 heteroatoms. The van der Waals surface area contributed by atoms with Crippen molar-refractivity contribution >= 4 is 10.0 Å². The Morgan fingerprint density at radius 2 is 2.31 bits per heavy atom. The molecule has 0 aromatic heterocycles. The zero-order chi connectivity index (χ0) is 12.0. The summed E-state index contributed by atoms with van der Waals surface area (Å²) in [4.78, 5) is 0. The van der Waals surface area contributed by atoms with Gasteiger partial charge in [0.05, 0.1) is 12.7 Å². The minimum absolute atomic E-state index is 0.0577. The Morgan fingerprint density at radius 1 is 1.56 bits per heavy atom. The molecule has 92 valence electrons. The van der Waals surface area contributed by atoms with Crippen LogP contribution in [0, 0.1) is 11.3 Å². The summed E-state index contributed by atoms with van der Waals surface area (Å²) in [7, 11) is -3.55. The molecule has 1 unspecified atom stereocenters. The summed E-state index contributed by atoms with van der Waals surface area (Å²) in [5.74, 6) is -0.528. The smallest absolute Gasteiger partial charge is 0.227 e. The van der Waals surface area contributed by atoms with Gasteiger partial charge in [0.2, 0.25) is 10.0 Å². The average Bonchev–Trinajstić information content (AvgIpc) is 2.69. The highest BCUT2D eigenvalue weighted by atomic mass is 32.2. The second-order valence-electron chi connectivity index (χ2n) is 3.79. The molecule has 1 rings (SSSR count). The maximum atomic E-state index is 11.7. The maximum absolute atomic E-state index is 11.7. The van der Waals surface area contributed by atoms with Gasteiger partial charge in [-0.05, 0) is 19.4 Å². The van der Waals surface area contributed by atoms with E-state index in [0.717, 1.165) is 19.4 Å². The lowest BCUT2D eigenvalue weighted by Gasteiger charge is -2.23. The first-order chi connectivity index (χ1) is 7.60. The van der Waals surface area contributed by atoms with E-state index < -0.39 is 15.8 Å². The molecule has 16 heavy (non-hydrogen) atoms. The summed E-state index contributed by atoms with van der Waals surface area (Å²) in [5, 5.41) is 20.5. The van der Waals surface area contributed by atoms with Crippen LogP contribution >= 0.6 is 0 Å². The molecule has 0 aromatic carbocycles. The van der Waals surface area contributed by atoms with Gasteiger partial charge in [0.15, 0.2) is 5.75 Å². The van der Waals surface area contributed by atoms with Crippen LogP contribution in [0.1, 0.15) is 12.8 Å². The van der Waals surface area contributed by atoms with E-state index in [1.165, 1.54) is 4.31 Å². The van der Waals surface area contributed by atoms with Crippen LogP contribution in [0.5, 0.6) is 0 Å². The van der Waals surface area contributed by atoms with Crippen molar-refractivity contribution < 1.29 is 13.5 Å². The number of aliphatic hydroxyl groups is 1. The number of aliphatic hydroxyl groups excluding tert-OH is 1. The van der Waals surface area contributed by atoms with Gasteiger partial charge in [-0.1, -0.05) is 0 Å². The second-order valence-corrected chi connectivity index (χ2v) is 5.76. The fourth-order valence-electron chi connectivity index (χ4n) is 1.79. The van der Waals surface area contributed by atoms with Crippen molar-refractivity contribution in [3.05, 3.63) is 0 Å². The fourth-order valence-corrected chi connectivity index (χ4v) is 2.90. The van der Waals surface area contributed by atoms with Gasteiger partial charge >= 0.3 is 0 Å². The molecule has 1 aliphatic rings. The number of hydrogen-bond acceptors (Lipinski definition) is 5. The van der Waals surface area contributed by atoms with Gasteiger partial charge in [0.25, 0.3) is 0 Å². The molecule has 1 heterocycles. The molecule has 6 nitrogen and oxygen atoms in total. The number of hydrogen-bond donors (Lipinski definition) is 2. The van der Waals surface area contributed by atoms with E-state index in [-0.39, 0.29) is 19.2 Å². The predicted octanol–water partition coefficient (Wildman–Crippen LogP) is -1.11. The molecule has 1 atom stereocenters. The summed E-state index contributed by atoms with van der Waals surface area (Å²) in [6.45, 7) is 1.07. The lowest BCUT2D eigenvalue weighted by atomic mass is 10.2. The van der Waals surface area contributed by atoms with E-state index in [2.05, 4.69) is 5.32 Å². The Labute approximate surface area is 95.9 Å². The zero-order valence-electron chi connectivity index (χ0n) is 9.09. The normalized spacial score (nSPS) is 21.2. The van der Waals surface area contributed by atoms with Gasteiger partial charge in [-0.3, -0.25) is 0 Å². The third kappa shape index (κ3) is 3.72. The van der Waals surface area contributed by atoms with E-state index in [4.69, 9.17) is 10.4 Å². The molecule has 0 spiro atoms. The van der Waals surface area contributed by atoms with E-state index in [0.29, 0.717) is 6.54 Å². The van der Waals surface area contributed by atoms with Crippen molar-refractivity contribution in [3.63, 3.8) is 0 Å². The molecule has 0 amide bonds. The molecule has 0 saturated carbocycles. The van der Waals surface area contributed by atoms with Gasteiger partial charge in [-0.15, -0.1) is 0 Å². The molecule has 0 aromatic rings. The minimum Gasteiger partial charge on any atom is -0.395 e. The van der Waals surface area contributed by atoms with Crippen molar-refractivity contribution in [1.29, 1.82) is 5.26 Å². The van der Waals surface area contributed by atoms with Crippen LogP contribution in [0.4, 0.5) is 0 Å². The van der Waals surface area contributed by atoms with E-state index in [1.807, 2.05) is 0 Å². The van der Waals surface area contributed by atoms with Crippen molar-refractivity contribution in [2.75, 3.05) is 32.0 Å². The van der Waals surface area contributed by atoms with E-state index in [1.54, 1.807) is 6.07 Å². The highest BCUT2D eigenvalue weighted by Crippen LogP contribution is 2.10. The first kappa shape index (κ1) is 13.4. The first-order valence-electron chi connectivity index (χ1n) is 5.29. The van der Waals surface area contributed by atoms with Gasteiger partial charge in [-0.2, -0.15) is 9.57 Å². The largest absolute Gasteiger partial charge is 0.395 e. The topological polar surface area (TPSA) is 93.4 Å². The van der Waals surface area contributed by atoms with Gasteiger partial charge in [-0.25, -0.2) is 8.42 Å². The summed E-state index contributed by atoms with van der Waals surface area (Å²) >= 11 is 0.